The van der Waals surface area contributed by atoms with Crippen LogP contribution in [0.2, 0.25) is 0 Å². The first-order valence-electron chi connectivity index (χ1n) is 7.22. The molecule has 0 aliphatic heterocycles. The summed E-state index contributed by atoms with van der Waals surface area (Å²) in [6, 6.07) is 1.96. The van der Waals surface area contributed by atoms with Gasteiger partial charge in [-0.25, -0.2) is 4.99 Å². The molecule has 0 spiro atoms. The summed E-state index contributed by atoms with van der Waals surface area (Å²) in [6.07, 6.45) is 0. The highest BCUT2D eigenvalue weighted by molar-refractivity contribution is 14.0. The maximum Gasteiger partial charge on any atom is 0.191 e. The SMILES string of the molecule is CCNC(=NCc1cc(C(C)C)no1)NCCOCC.I. The topological polar surface area (TPSA) is 71.7 Å². The Morgan fingerprint density at radius 3 is 2.71 bits per heavy atom. The first kappa shape index (κ1) is 20.2. The van der Waals surface area contributed by atoms with Gasteiger partial charge in [-0.1, -0.05) is 19.0 Å². The quantitative estimate of drug-likeness (QED) is 0.298. The van der Waals surface area contributed by atoms with Gasteiger partial charge in [0, 0.05) is 25.8 Å². The van der Waals surface area contributed by atoms with Gasteiger partial charge in [-0.2, -0.15) is 0 Å². The van der Waals surface area contributed by atoms with E-state index in [1.54, 1.807) is 0 Å². The molecule has 0 amide bonds. The predicted octanol–water partition coefficient (Wildman–Crippen LogP) is 2.51. The molecule has 1 rings (SSSR count). The summed E-state index contributed by atoms with van der Waals surface area (Å²) < 4.78 is 10.5. The van der Waals surface area contributed by atoms with E-state index in [2.05, 4.69) is 34.6 Å². The third-order valence-electron chi connectivity index (χ3n) is 2.65. The van der Waals surface area contributed by atoms with Gasteiger partial charge in [0.15, 0.2) is 11.7 Å². The zero-order valence-corrected chi connectivity index (χ0v) is 15.6. The van der Waals surface area contributed by atoms with E-state index >= 15 is 0 Å². The fourth-order valence-electron chi connectivity index (χ4n) is 1.56. The van der Waals surface area contributed by atoms with E-state index in [9.17, 15) is 0 Å². The summed E-state index contributed by atoms with van der Waals surface area (Å²) in [4.78, 5) is 4.46. The average Bonchev–Trinajstić information content (AvgIpc) is 2.90. The van der Waals surface area contributed by atoms with Crippen molar-refractivity contribution in [3.8, 4) is 0 Å². The normalized spacial score (nSPS) is 11.4. The maximum atomic E-state index is 5.28. The lowest BCUT2D eigenvalue weighted by Crippen LogP contribution is -2.38. The second-order valence-electron chi connectivity index (χ2n) is 4.69. The number of nitrogens with zero attached hydrogens (tertiary/aromatic N) is 2. The van der Waals surface area contributed by atoms with Gasteiger partial charge in [-0.05, 0) is 19.8 Å². The number of ether oxygens (including phenoxy) is 1. The first-order chi connectivity index (χ1) is 9.67. The van der Waals surface area contributed by atoms with E-state index < -0.39 is 0 Å². The lowest BCUT2D eigenvalue weighted by molar-refractivity contribution is 0.152. The Balaban J connectivity index is 0.00000400. The number of hydrogen-bond donors (Lipinski definition) is 2. The van der Waals surface area contributed by atoms with Gasteiger partial charge in [0.05, 0.1) is 12.3 Å². The van der Waals surface area contributed by atoms with Crippen molar-refractivity contribution in [3.63, 3.8) is 0 Å². The second kappa shape index (κ2) is 11.8. The minimum atomic E-state index is 0. The molecule has 122 valence electrons. The van der Waals surface area contributed by atoms with Crippen molar-refractivity contribution in [2.24, 2.45) is 4.99 Å². The van der Waals surface area contributed by atoms with Gasteiger partial charge in [-0.15, -0.1) is 24.0 Å². The van der Waals surface area contributed by atoms with Crippen molar-refractivity contribution in [1.29, 1.82) is 0 Å². The van der Waals surface area contributed by atoms with Crippen LogP contribution in [0.1, 0.15) is 45.1 Å². The third kappa shape index (κ3) is 8.25. The van der Waals surface area contributed by atoms with Crippen molar-refractivity contribution in [1.82, 2.24) is 15.8 Å². The summed E-state index contributed by atoms with van der Waals surface area (Å²) in [7, 11) is 0. The number of aromatic nitrogens is 1. The van der Waals surface area contributed by atoms with E-state index in [0.29, 0.717) is 19.1 Å². The van der Waals surface area contributed by atoms with Crippen molar-refractivity contribution in [2.45, 2.75) is 40.2 Å². The number of hydrogen-bond acceptors (Lipinski definition) is 4. The molecule has 0 atom stereocenters. The van der Waals surface area contributed by atoms with Gasteiger partial charge in [-0.3, -0.25) is 0 Å². The zero-order valence-electron chi connectivity index (χ0n) is 13.3. The van der Waals surface area contributed by atoms with Crippen LogP contribution in [0.15, 0.2) is 15.6 Å². The number of nitrogens with one attached hydrogen (secondary N) is 2. The van der Waals surface area contributed by atoms with Crippen LogP contribution in [-0.4, -0.2) is 37.4 Å². The van der Waals surface area contributed by atoms with Crippen LogP contribution in [-0.2, 0) is 11.3 Å². The summed E-state index contributed by atoms with van der Waals surface area (Å²) in [6.45, 7) is 11.6. The highest BCUT2D eigenvalue weighted by atomic mass is 127. The van der Waals surface area contributed by atoms with Crippen molar-refractivity contribution < 1.29 is 9.26 Å². The van der Waals surface area contributed by atoms with E-state index in [1.165, 1.54) is 0 Å². The van der Waals surface area contributed by atoms with Crippen molar-refractivity contribution in [3.05, 3.63) is 17.5 Å². The van der Waals surface area contributed by atoms with Crippen LogP contribution >= 0.6 is 24.0 Å². The van der Waals surface area contributed by atoms with Gasteiger partial charge < -0.3 is 19.9 Å². The fraction of sp³-hybridized carbons (Fsp3) is 0.714. The molecule has 1 aromatic rings. The molecule has 0 aliphatic carbocycles. The Hall–Kier alpha value is -0.830. The highest BCUT2D eigenvalue weighted by Gasteiger charge is 2.07. The zero-order chi connectivity index (χ0) is 14.8. The minimum Gasteiger partial charge on any atom is -0.380 e. The predicted molar refractivity (Wildman–Crippen MR) is 95.3 cm³/mol. The second-order valence-corrected chi connectivity index (χ2v) is 4.69. The Bertz CT molecular complexity index is 407. The molecule has 0 aliphatic rings. The lowest BCUT2D eigenvalue weighted by atomic mass is 10.1. The highest BCUT2D eigenvalue weighted by Crippen LogP contribution is 2.14. The number of halogens is 1. The fourth-order valence-corrected chi connectivity index (χ4v) is 1.56. The van der Waals surface area contributed by atoms with Crippen molar-refractivity contribution in [2.75, 3.05) is 26.3 Å². The smallest absolute Gasteiger partial charge is 0.191 e. The van der Waals surface area contributed by atoms with Gasteiger partial charge in [0.2, 0.25) is 0 Å². The average molecular weight is 410 g/mol. The number of guanidine groups is 1. The molecular weight excluding hydrogens is 383 g/mol. The summed E-state index contributed by atoms with van der Waals surface area (Å²) in [5.74, 6) is 1.90. The molecule has 0 unspecified atom stereocenters. The standard InChI is InChI=1S/C14H26N4O2.HI/c1-5-15-14(16-7-8-19-6-2)17-10-12-9-13(11(3)4)18-20-12;/h9,11H,5-8,10H2,1-4H3,(H2,15,16,17);1H. The van der Waals surface area contributed by atoms with E-state index in [4.69, 9.17) is 9.26 Å². The minimum absolute atomic E-state index is 0. The Labute approximate surface area is 144 Å². The molecule has 2 N–H and O–H groups in total. The molecule has 0 radical (unpaired) electrons. The molecule has 1 heterocycles. The first-order valence-corrected chi connectivity index (χ1v) is 7.22. The molecule has 1 aromatic heterocycles. The van der Waals surface area contributed by atoms with Gasteiger partial charge in [0.25, 0.3) is 0 Å². The summed E-state index contributed by atoms with van der Waals surface area (Å²) in [5.41, 5.74) is 0.963. The molecule has 21 heavy (non-hydrogen) atoms. The van der Waals surface area contributed by atoms with Crippen LogP contribution in [0.4, 0.5) is 0 Å². The third-order valence-corrected chi connectivity index (χ3v) is 2.65. The van der Waals surface area contributed by atoms with E-state index in [-0.39, 0.29) is 24.0 Å². The molecule has 0 bridgehead atoms. The maximum absolute atomic E-state index is 5.28. The van der Waals surface area contributed by atoms with E-state index in [0.717, 1.165) is 37.1 Å². The largest absolute Gasteiger partial charge is 0.380 e. The van der Waals surface area contributed by atoms with Crippen LogP contribution in [0.25, 0.3) is 0 Å². The molecule has 0 aromatic carbocycles. The lowest BCUT2D eigenvalue weighted by Gasteiger charge is -2.10. The Morgan fingerprint density at radius 2 is 2.14 bits per heavy atom. The number of rotatable bonds is 8. The van der Waals surface area contributed by atoms with Crippen LogP contribution < -0.4 is 10.6 Å². The van der Waals surface area contributed by atoms with E-state index in [1.807, 2.05) is 19.9 Å². The molecule has 0 saturated carbocycles. The summed E-state index contributed by atoms with van der Waals surface area (Å²) >= 11 is 0. The Morgan fingerprint density at radius 1 is 1.38 bits per heavy atom. The van der Waals surface area contributed by atoms with Gasteiger partial charge >= 0.3 is 0 Å². The Kier molecular flexibility index (Phi) is 11.3. The van der Waals surface area contributed by atoms with Crippen LogP contribution in [0.5, 0.6) is 0 Å². The molecular formula is C14H27IN4O2. The van der Waals surface area contributed by atoms with Crippen molar-refractivity contribution >= 4 is 29.9 Å². The van der Waals surface area contributed by atoms with Crippen LogP contribution in [0, 0.1) is 0 Å². The molecule has 0 saturated heterocycles. The number of aliphatic imine (C=N–C) groups is 1. The molecule has 6 nitrogen and oxygen atoms in total. The molecule has 7 heteroatoms. The monoisotopic (exact) mass is 410 g/mol. The molecule has 0 fully saturated rings. The summed E-state index contributed by atoms with van der Waals surface area (Å²) in [5, 5.41) is 10.4. The van der Waals surface area contributed by atoms with Gasteiger partial charge in [0.1, 0.15) is 6.54 Å². The van der Waals surface area contributed by atoms with Crippen LogP contribution in [0.3, 0.4) is 0 Å².